The van der Waals surface area contributed by atoms with E-state index < -0.39 is 0 Å². The average molecular weight is 415 g/mol. The van der Waals surface area contributed by atoms with Crippen molar-refractivity contribution in [1.29, 1.82) is 0 Å². The van der Waals surface area contributed by atoms with Gasteiger partial charge in [-0.05, 0) is 35.7 Å². The standard InChI is InChI=1S/C19H14N2O3S3/c22-19(24-8-16-11-27-18(21-16)14-5-6-25-9-14)13-1-3-17(4-2-13)23-7-15-10-26-12-20-15/h1-6,9-12H,7-8H2. The number of ether oxygens (including phenoxy) is 2. The summed E-state index contributed by atoms with van der Waals surface area (Å²) in [6, 6.07) is 8.91. The summed E-state index contributed by atoms with van der Waals surface area (Å²) >= 11 is 4.70. The van der Waals surface area contributed by atoms with Crippen molar-refractivity contribution in [3.05, 3.63) is 74.3 Å². The molecule has 136 valence electrons. The van der Waals surface area contributed by atoms with Crippen LogP contribution in [0.1, 0.15) is 21.7 Å². The summed E-state index contributed by atoms with van der Waals surface area (Å²) in [7, 11) is 0. The van der Waals surface area contributed by atoms with Crippen LogP contribution in [0.4, 0.5) is 0 Å². The van der Waals surface area contributed by atoms with Crippen LogP contribution in [-0.4, -0.2) is 15.9 Å². The summed E-state index contributed by atoms with van der Waals surface area (Å²) in [5.74, 6) is 0.297. The van der Waals surface area contributed by atoms with Gasteiger partial charge in [-0.25, -0.2) is 14.8 Å². The first-order valence-corrected chi connectivity index (χ1v) is 10.8. The zero-order chi connectivity index (χ0) is 18.5. The lowest BCUT2D eigenvalue weighted by Gasteiger charge is -2.06. The van der Waals surface area contributed by atoms with E-state index in [4.69, 9.17) is 9.47 Å². The maximum Gasteiger partial charge on any atom is 0.338 e. The van der Waals surface area contributed by atoms with Gasteiger partial charge in [0.2, 0.25) is 0 Å². The molecule has 0 aliphatic heterocycles. The number of hydrogen-bond acceptors (Lipinski definition) is 8. The van der Waals surface area contributed by atoms with Gasteiger partial charge in [0.05, 0.1) is 22.5 Å². The van der Waals surface area contributed by atoms with Crippen molar-refractivity contribution in [2.75, 3.05) is 0 Å². The quantitative estimate of drug-likeness (QED) is 0.386. The fourth-order valence-electron chi connectivity index (χ4n) is 2.27. The van der Waals surface area contributed by atoms with Gasteiger partial charge in [-0.1, -0.05) is 0 Å². The molecule has 0 atom stereocenters. The molecule has 0 unspecified atom stereocenters. The van der Waals surface area contributed by atoms with Gasteiger partial charge >= 0.3 is 5.97 Å². The fourth-order valence-corrected chi connectivity index (χ4v) is 4.33. The zero-order valence-electron chi connectivity index (χ0n) is 14.0. The Morgan fingerprint density at radius 1 is 0.963 bits per heavy atom. The van der Waals surface area contributed by atoms with Gasteiger partial charge in [0, 0.05) is 21.7 Å². The predicted molar refractivity (Wildman–Crippen MR) is 107 cm³/mol. The molecule has 0 aliphatic rings. The smallest absolute Gasteiger partial charge is 0.338 e. The first kappa shape index (κ1) is 17.8. The highest BCUT2D eigenvalue weighted by molar-refractivity contribution is 7.14. The van der Waals surface area contributed by atoms with Gasteiger partial charge in [0.1, 0.15) is 24.0 Å². The van der Waals surface area contributed by atoms with Crippen molar-refractivity contribution in [1.82, 2.24) is 9.97 Å². The third-order valence-electron chi connectivity index (χ3n) is 3.63. The summed E-state index contributed by atoms with van der Waals surface area (Å²) in [6.07, 6.45) is 0. The Hall–Kier alpha value is -2.55. The number of hydrogen-bond donors (Lipinski definition) is 0. The molecule has 0 fully saturated rings. The van der Waals surface area contributed by atoms with Crippen molar-refractivity contribution < 1.29 is 14.3 Å². The normalized spacial score (nSPS) is 10.7. The van der Waals surface area contributed by atoms with Crippen LogP contribution in [-0.2, 0) is 18.0 Å². The molecule has 3 heterocycles. The summed E-state index contributed by atoms with van der Waals surface area (Å²) in [6.45, 7) is 0.561. The highest BCUT2D eigenvalue weighted by atomic mass is 32.1. The lowest BCUT2D eigenvalue weighted by molar-refractivity contribution is 0.0468. The third kappa shape index (κ3) is 4.60. The Kier molecular flexibility index (Phi) is 5.57. The molecule has 0 radical (unpaired) electrons. The molecule has 0 aliphatic carbocycles. The molecule has 8 heteroatoms. The van der Waals surface area contributed by atoms with E-state index in [0.717, 1.165) is 22.0 Å². The van der Waals surface area contributed by atoms with Crippen LogP contribution in [0.25, 0.3) is 10.6 Å². The summed E-state index contributed by atoms with van der Waals surface area (Å²) < 4.78 is 11.0. The molecular weight excluding hydrogens is 400 g/mol. The van der Waals surface area contributed by atoms with Crippen molar-refractivity contribution in [3.63, 3.8) is 0 Å². The van der Waals surface area contributed by atoms with Crippen molar-refractivity contribution in [2.24, 2.45) is 0 Å². The van der Waals surface area contributed by atoms with E-state index in [-0.39, 0.29) is 12.6 Å². The molecule has 3 aromatic heterocycles. The molecule has 4 aromatic rings. The monoisotopic (exact) mass is 414 g/mol. The molecule has 4 rings (SSSR count). The molecule has 0 amide bonds. The molecule has 1 aromatic carbocycles. The van der Waals surface area contributed by atoms with Crippen LogP contribution in [0.3, 0.4) is 0 Å². The Bertz CT molecular complexity index is 993. The van der Waals surface area contributed by atoms with Crippen molar-refractivity contribution in [2.45, 2.75) is 13.2 Å². The second-order valence-electron chi connectivity index (χ2n) is 5.52. The zero-order valence-corrected chi connectivity index (χ0v) is 16.5. The molecule has 0 N–H and O–H groups in total. The van der Waals surface area contributed by atoms with Crippen LogP contribution in [0.5, 0.6) is 5.75 Å². The van der Waals surface area contributed by atoms with Crippen molar-refractivity contribution >= 4 is 40.0 Å². The fraction of sp³-hybridized carbons (Fsp3) is 0.105. The molecular formula is C19H14N2O3S3. The van der Waals surface area contributed by atoms with E-state index in [1.54, 1.807) is 52.4 Å². The molecule has 0 spiro atoms. The van der Waals surface area contributed by atoms with Crippen LogP contribution in [0, 0.1) is 0 Å². The molecule has 0 bridgehead atoms. The van der Waals surface area contributed by atoms with E-state index in [9.17, 15) is 4.79 Å². The van der Waals surface area contributed by atoms with Crippen LogP contribution in [0.15, 0.2) is 57.4 Å². The van der Waals surface area contributed by atoms with Gasteiger partial charge in [-0.15, -0.1) is 22.7 Å². The summed E-state index contributed by atoms with van der Waals surface area (Å²) in [5.41, 5.74) is 4.97. The van der Waals surface area contributed by atoms with E-state index in [1.807, 2.05) is 27.6 Å². The topological polar surface area (TPSA) is 61.3 Å². The first-order chi connectivity index (χ1) is 13.3. The Morgan fingerprint density at radius 2 is 1.85 bits per heavy atom. The summed E-state index contributed by atoms with van der Waals surface area (Å²) in [4.78, 5) is 20.9. The van der Waals surface area contributed by atoms with Gasteiger partial charge < -0.3 is 9.47 Å². The van der Waals surface area contributed by atoms with Gasteiger partial charge in [-0.3, -0.25) is 0 Å². The average Bonchev–Trinajstić information content (AvgIpc) is 3.47. The van der Waals surface area contributed by atoms with E-state index in [1.165, 1.54) is 11.3 Å². The lowest BCUT2D eigenvalue weighted by Crippen LogP contribution is -2.05. The second-order valence-corrected chi connectivity index (χ2v) is 7.88. The van der Waals surface area contributed by atoms with Gasteiger partial charge in [0.25, 0.3) is 0 Å². The molecule has 0 saturated carbocycles. The highest BCUT2D eigenvalue weighted by Gasteiger charge is 2.10. The Morgan fingerprint density at radius 3 is 2.59 bits per heavy atom. The third-order valence-corrected chi connectivity index (χ3v) is 5.89. The number of aromatic nitrogens is 2. The van der Waals surface area contributed by atoms with Crippen molar-refractivity contribution in [3.8, 4) is 16.3 Å². The number of nitrogens with zero attached hydrogens (tertiary/aromatic N) is 2. The van der Waals surface area contributed by atoms with E-state index in [0.29, 0.717) is 17.9 Å². The minimum atomic E-state index is -0.383. The van der Waals surface area contributed by atoms with E-state index >= 15 is 0 Å². The van der Waals surface area contributed by atoms with Gasteiger partial charge in [0.15, 0.2) is 0 Å². The van der Waals surface area contributed by atoms with Crippen LogP contribution in [0.2, 0.25) is 0 Å². The SMILES string of the molecule is O=C(OCc1csc(-c2ccsc2)n1)c1ccc(OCc2cscn2)cc1. The Balaban J connectivity index is 1.30. The second kappa shape index (κ2) is 8.43. The number of carbonyl (C=O) groups is 1. The van der Waals surface area contributed by atoms with E-state index in [2.05, 4.69) is 9.97 Å². The minimum absolute atomic E-state index is 0.154. The lowest BCUT2D eigenvalue weighted by atomic mass is 10.2. The predicted octanol–water partition coefficient (Wildman–Crippen LogP) is 5.26. The number of rotatable bonds is 7. The molecule has 27 heavy (non-hydrogen) atoms. The number of thiazole rings is 2. The number of thiophene rings is 1. The summed E-state index contributed by atoms with van der Waals surface area (Å²) in [5, 5.41) is 8.85. The largest absolute Gasteiger partial charge is 0.487 e. The number of benzene rings is 1. The number of esters is 1. The Labute approximate surface area is 167 Å². The number of carbonyl (C=O) groups excluding carboxylic acids is 1. The van der Waals surface area contributed by atoms with Crippen LogP contribution < -0.4 is 4.74 Å². The molecule has 5 nitrogen and oxygen atoms in total. The minimum Gasteiger partial charge on any atom is -0.487 e. The molecule has 0 saturated heterocycles. The maximum atomic E-state index is 12.2. The maximum absolute atomic E-state index is 12.2. The van der Waals surface area contributed by atoms with Gasteiger partial charge in [-0.2, -0.15) is 11.3 Å². The van der Waals surface area contributed by atoms with Crippen LogP contribution >= 0.6 is 34.0 Å². The highest BCUT2D eigenvalue weighted by Crippen LogP contribution is 2.26. The first-order valence-electron chi connectivity index (χ1n) is 8.02.